The van der Waals surface area contributed by atoms with Crippen molar-refractivity contribution >= 4 is 0 Å². The molecule has 0 amide bonds. The molecule has 0 aliphatic carbocycles. The van der Waals surface area contributed by atoms with E-state index in [-0.39, 0.29) is 11.4 Å². The minimum atomic E-state index is -0.337. The van der Waals surface area contributed by atoms with E-state index in [0.29, 0.717) is 36.1 Å². The number of aromatic nitrogens is 2. The van der Waals surface area contributed by atoms with Crippen LogP contribution >= 0.6 is 0 Å². The first-order chi connectivity index (χ1) is 16.5. The maximum Gasteiger partial charge on any atom is 0.261 e. The first-order valence-electron chi connectivity index (χ1n) is 11.5. The number of nitriles is 1. The quantitative estimate of drug-likeness (QED) is 0.339. The van der Waals surface area contributed by atoms with Crippen LogP contribution in [0, 0.1) is 17.1 Å². The lowest BCUT2D eigenvalue weighted by molar-refractivity contribution is 0.627. The third kappa shape index (κ3) is 4.67. The molecular formula is C29H26FN3O. The van der Waals surface area contributed by atoms with E-state index in [9.17, 15) is 14.4 Å². The lowest BCUT2D eigenvalue weighted by Gasteiger charge is -2.17. The minimum absolute atomic E-state index is 0.110. The normalized spacial score (nSPS) is 10.8. The predicted octanol–water partition coefficient (Wildman–Crippen LogP) is 6.15. The van der Waals surface area contributed by atoms with Crippen molar-refractivity contribution < 1.29 is 4.39 Å². The van der Waals surface area contributed by atoms with Crippen LogP contribution in [0.15, 0.2) is 77.6 Å². The fourth-order valence-electron chi connectivity index (χ4n) is 4.19. The van der Waals surface area contributed by atoms with Crippen molar-refractivity contribution in [3.8, 4) is 28.3 Å². The number of benzene rings is 3. The third-order valence-electron chi connectivity index (χ3n) is 5.92. The Labute approximate surface area is 199 Å². The van der Waals surface area contributed by atoms with Crippen LogP contribution in [0.5, 0.6) is 0 Å². The van der Waals surface area contributed by atoms with Gasteiger partial charge >= 0.3 is 0 Å². The number of hydrogen-bond acceptors (Lipinski definition) is 3. The summed E-state index contributed by atoms with van der Waals surface area (Å²) in [5.41, 5.74) is 5.26. The molecule has 0 saturated heterocycles. The summed E-state index contributed by atoms with van der Waals surface area (Å²) < 4.78 is 15.2. The molecule has 4 nitrogen and oxygen atoms in total. The highest BCUT2D eigenvalue weighted by Gasteiger charge is 2.17. The van der Waals surface area contributed by atoms with Gasteiger partial charge in [-0.1, -0.05) is 68.4 Å². The number of halogens is 1. The summed E-state index contributed by atoms with van der Waals surface area (Å²) in [7, 11) is 0. The molecule has 0 atom stereocenters. The highest BCUT2D eigenvalue weighted by atomic mass is 19.1. The second-order valence-corrected chi connectivity index (χ2v) is 8.21. The second kappa shape index (κ2) is 10.3. The van der Waals surface area contributed by atoms with Crippen molar-refractivity contribution in [2.45, 2.75) is 39.7 Å². The molecular weight excluding hydrogens is 425 g/mol. The van der Waals surface area contributed by atoms with Crippen molar-refractivity contribution in [2.75, 3.05) is 0 Å². The SMILES string of the molecule is CCCc1nc(CC)c(-c2ccc(F)cc2)c(=O)n1Cc1ccc(-c2ccccc2C#N)cc1. The van der Waals surface area contributed by atoms with Crippen LogP contribution in [-0.4, -0.2) is 9.55 Å². The number of nitrogens with zero attached hydrogens (tertiary/aromatic N) is 3. The lowest BCUT2D eigenvalue weighted by Crippen LogP contribution is -2.29. The van der Waals surface area contributed by atoms with E-state index in [0.717, 1.165) is 34.6 Å². The van der Waals surface area contributed by atoms with Crippen LogP contribution in [0.25, 0.3) is 22.3 Å². The Bertz CT molecular complexity index is 1400. The molecule has 0 unspecified atom stereocenters. The molecule has 0 saturated carbocycles. The first-order valence-corrected chi connectivity index (χ1v) is 11.5. The zero-order chi connectivity index (χ0) is 24.1. The van der Waals surface area contributed by atoms with Gasteiger partial charge in [-0.2, -0.15) is 5.26 Å². The smallest absolute Gasteiger partial charge is 0.261 e. The van der Waals surface area contributed by atoms with E-state index < -0.39 is 0 Å². The zero-order valence-corrected chi connectivity index (χ0v) is 19.4. The van der Waals surface area contributed by atoms with Crippen LogP contribution in [0.2, 0.25) is 0 Å². The van der Waals surface area contributed by atoms with Crippen molar-refractivity contribution in [2.24, 2.45) is 0 Å². The van der Waals surface area contributed by atoms with Crippen molar-refractivity contribution in [3.05, 3.63) is 112 Å². The summed E-state index contributed by atoms with van der Waals surface area (Å²) in [6, 6.07) is 23.7. The van der Waals surface area contributed by atoms with Gasteiger partial charge in [-0.25, -0.2) is 9.37 Å². The Kier molecular flexibility index (Phi) is 6.98. The Morgan fingerprint density at radius 1 is 0.941 bits per heavy atom. The van der Waals surface area contributed by atoms with E-state index >= 15 is 0 Å². The Morgan fingerprint density at radius 2 is 1.62 bits per heavy atom. The summed E-state index contributed by atoms with van der Waals surface area (Å²) in [5.74, 6) is 0.421. The average molecular weight is 452 g/mol. The largest absolute Gasteiger partial charge is 0.292 e. The van der Waals surface area contributed by atoms with E-state index in [1.807, 2.05) is 49.4 Å². The van der Waals surface area contributed by atoms with E-state index in [2.05, 4.69) is 13.0 Å². The van der Waals surface area contributed by atoms with Crippen LogP contribution < -0.4 is 5.56 Å². The summed E-state index contributed by atoms with van der Waals surface area (Å²) in [5, 5.41) is 9.40. The summed E-state index contributed by atoms with van der Waals surface area (Å²) in [4.78, 5) is 18.6. The summed E-state index contributed by atoms with van der Waals surface area (Å²) >= 11 is 0. The standard InChI is InChI=1S/C29H26FN3O/c1-3-7-27-32-26(4-2)28(22-14-16-24(30)17-15-22)29(34)33(27)19-20-10-12-21(13-11-20)25-9-6-5-8-23(25)18-31/h5-6,8-17H,3-4,7,19H2,1-2H3. The first kappa shape index (κ1) is 23.1. The molecule has 3 aromatic carbocycles. The molecule has 4 aromatic rings. The number of hydrogen-bond donors (Lipinski definition) is 0. The monoisotopic (exact) mass is 451 g/mol. The van der Waals surface area contributed by atoms with Gasteiger partial charge in [-0.3, -0.25) is 9.36 Å². The summed E-state index contributed by atoms with van der Waals surface area (Å²) in [6.45, 7) is 4.43. The molecule has 4 rings (SSSR count). The minimum Gasteiger partial charge on any atom is -0.292 e. The maximum absolute atomic E-state index is 13.7. The van der Waals surface area contributed by atoms with E-state index in [1.165, 1.54) is 12.1 Å². The lowest BCUT2D eigenvalue weighted by atomic mass is 9.99. The Morgan fingerprint density at radius 3 is 2.26 bits per heavy atom. The molecule has 0 radical (unpaired) electrons. The molecule has 0 N–H and O–H groups in total. The van der Waals surface area contributed by atoms with Gasteiger partial charge < -0.3 is 0 Å². The molecule has 0 aliphatic heterocycles. The van der Waals surface area contributed by atoms with Gasteiger partial charge in [0.25, 0.3) is 5.56 Å². The number of aryl methyl sites for hydroxylation is 2. The molecule has 0 aliphatic rings. The fraction of sp³-hybridized carbons (Fsp3) is 0.207. The maximum atomic E-state index is 13.7. The molecule has 5 heteroatoms. The van der Waals surface area contributed by atoms with Gasteiger partial charge in [0.1, 0.15) is 11.6 Å². The predicted molar refractivity (Wildman–Crippen MR) is 133 cm³/mol. The van der Waals surface area contributed by atoms with Crippen molar-refractivity contribution in [3.63, 3.8) is 0 Å². The van der Waals surface area contributed by atoms with Crippen LogP contribution in [0.4, 0.5) is 4.39 Å². The van der Waals surface area contributed by atoms with Crippen molar-refractivity contribution in [1.82, 2.24) is 9.55 Å². The van der Waals surface area contributed by atoms with Gasteiger partial charge in [-0.05, 0) is 53.3 Å². The highest BCUT2D eigenvalue weighted by molar-refractivity contribution is 5.70. The molecule has 1 heterocycles. The molecule has 0 fully saturated rings. The Hall–Kier alpha value is -4.04. The Balaban J connectivity index is 1.76. The molecule has 34 heavy (non-hydrogen) atoms. The average Bonchev–Trinajstić information content (AvgIpc) is 2.87. The molecule has 170 valence electrons. The number of rotatable bonds is 7. The van der Waals surface area contributed by atoms with Gasteiger partial charge in [0.15, 0.2) is 0 Å². The molecule has 1 aromatic heterocycles. The molecule has 0 spiro atoms. The topological polar surface area (TPSA) is 58.7 Å². The van der Waals surface area contributed by atoms with Gasteiger partial charge in [-0.15, -0.1) is 0 Å². The van der Waals surface area contributed by atoms with Gasteiger partial charge in [0, 0.05) is 6.42 Å². The van der Waals surface area contributed by atoms with Gasteiger partial charge in [0.2, 0.25) is 0 Å². The summed E-state index contributed by atoms with van der Waals surface area (Å²) in [6.07, 6.45) is 2.18. The van der Waals surface area contributed by atoms with Crippen LogP contribution in [0.3, 0.4) is 0 Å². The third-order valence-corrected chi connectivity index (χ3v) is 5.92. The van der Waals surface area contributed by atoms with Gasteiger partial charge in [0.05, 0.1) is 29.4 Å². The van der Waals surface area contributed by atoms with Crippen molar-refractivity contribution in [1.29, 1.82) is 5.26 Å². The van der Waals surface area contributed by atoms with Crippen LogP contribution in [-0.2, 0) is 19.4 Å². The zero-order valence-electron chi connectivity index (χ0n) is 19.4. The van der Waals surface area contributed by atoms with E-state index in [4.69, 9.17) is 4.98 Å². The van der Waals surface area contributed by atoms with Crippen LogP contribution in [0.1, 0.15) is 42.9 Å². The second-order valence-electron chi connectivity index (χ2n) is 8.21. The fourth-order valence-corrected chi connectivity index (χ4v) is 4.19. The van der Waals surface area contributed by atoms with E-state index in [1.54, 1.807) is 22.8 Å². The molecule has 0 bridgehead atoms. The highest BCUT2D eigenvalue weighted by Crippen LogP contribution is 2.25.